The predicted molar refractivity (Wildman–Crippen MR) is 81.7 cm³/mol. The highest BCUT2D eigenvalue weighted by atomic mass is 32.1. The van der Waals surface area contributed by atoms with Crippen molar-refractivity contribution in [2.24, 2.45) is 5.73 Å². The van der Waals surface area contributed by atoms with Crippen LogP contribution in [-0.4, -0.2) is 44.7 Å². The van der Waals surface area contributed by atoms with Crippen molar-refractivity contribution < 1.29 is 9.59 Å². The standard InChI is InChI=1S/C13H16N6O2S/c14-11(20)12-15-8-19(17-12)10-2-1-4-18(6-10)13(21)16-9-3-5-22-7-9/h3,5,7-8,10H,1-2,4,6H2,(H2,14,20)(H,16,21)/t10-/m1/s1. The fraction of sp³-hybridized carbons (Fsp3) is 0.385. The van der Waals surface area contributed by atoms with E-state index in [0.29, 0.717) is 13.1 Å². The number of urea groups is 1. The van der Waals surface area contributed by atoms with Crippen molar-refractivity contribution in [2.75, 3.05) is 18.4 Å². The fourth-order valence-corrected chi connectivity index (χ4v) is 3.04. The smallest absolute Gasteiger partial charge is 0.321 e. The lowest BCUT2D eigenvalue weighted by molar-refractivity contribution is 0.0989. The van der Waals surface area contributed by atoms with Crippen molar-refractivity contribution >= 4 is 29.0 Å². The number of aromatic nitrogens is 3. The Balaban J connectivity index is 1.65. The van der Waals surface area contributed by atoms with Gasteiger partial charge in [0.25, 0.3) is 5.91 Å². The van der Waals surface area contributed by atoms with Crippen LogP contribution < -0.4 is 11.1 Å². The molecule has 1 aliphatic rings. The summed E-state index contributed by atoms with van der Waals surface area (Å²) in [6.45, 7) is 1.22. The lowest BCUT2D eigenvalue weighted by Gasteiger charge is -2.32. The molecule has 2 aromatic rings. The number of hydrogen-bond acceptors (Lipinski definition) is 5. The van der Waals surface area contributed by atoms with Crippen molar-refractivity contribution in [3.05, 3.63) is 29.0 Å². The Morgan fingerprint density at radius 2 is 2.32 bits per heavy atom. The average molecular weight is 320 g/mol. The molecule has 8 nitrogen and oxygen atoms in total. The Hall–Kier alpha value is -2.42. The van der Waals surface area contributed by atoms with Gasteiger partial charge in [0.05, 0.1) is 11.7 Å². The molecule has 3 heterocycles. The third kappa shape index (κ3) is 3.08. The maximum absolute atomic E-state index is 12.3. The molecule has 0 unspecified atom stereocenters. The second kappa shape index (κ2) is 6.14. The molecule has 0 saturated carbocycles. The minimum Gasteiger partial charge on any atom is -0.363 e. The summed E-state index contributed by atoms with van der Waals surface area (Å²) in [6.07, 6.45) is 3.24. The van der Waals surface area contributed by atoms with Crippen molar-refractivity contribution in [3.8, 4) is 0 Å². The van der Waals surface area contributed by atoms with Gasteiger partial charge in [-0.3, -0.25) is 4.79 Å². The van der Waals surface area contributed by atoms with Crippen LogP contribution in [0.4, 0.5) is 10.5 Å². The van der Waals surface area contributed by atoms with Gasteiger partial charge in [-0.05, 0) is 24.3 Å². The van der Waals surface area contributed by atoms with Crippen LogP contribution >= 0.6 is 11.3 Å². The van der Waals surface area contributed by atoms with E-state index in [4.69, 9.17) is 5.73 Å². The average Bonchev–Trinajstić information content (AvgIpc) is 3.18. The third-order valence-electron chi connectivity index (χ3n) is 3.56. The minimum absolute atomic E-state index is 0.000141. The van der Waals surface area contributed by atoms with Crippen molar-refractivity contribution in [2.45, 2.75) is 18.9 Å². The molecule has 0 aliphatic carbocycles. The Kier molecular flexibility index (Phi) is 4.05. The third-order valence-corrected chi connectivity index (χ3v) is 4.24. The first-order valence-electron chi connectivity index (χ1n) is 6.92. The summed E-state index contributed by atoms with van der Waals surface area (Å²) in [4.78, 5) is 28.9. The predicted octanol–water partition coefficient (Wildman–Crippen LogP) is 1.31. The van der Waals surface area contributed by atoms with Gasteiger partial charge < -0.3 is 16.0 Å². The summed E-state index contributed by atoms with van der Waals surface area (Å²) in [5.74, 6) is -0.651. The summed E-state index contributed by atoms with van der Waals surface area (Å²) < 4.78 is 1.62. The van der Waals surface area contributed by atoms with Gasteiger partial charge in [0.15, 0.2) is 0 Å². The topological polar surface area (TPSA) is 106 Å². The van der Waals surface area contributed by atoms with Gasteiger partial charge in [-0.2, -0.15) is 11.3 Å². The molecule has 0 spiro atoms. The first kappa shape index (κ1) is 14.5. The molecule has 1 saturated heterocycles. The number of carbonyl (C=O) groups excluding carboxylic acids is 2. The summed E-state index contributed by atoms with van der Waals surface area (Å²) in [5, 5.41) is 10.7. The van der Waals surface area contributed by atoms with Gasteiger partial charge in [-0.25, -0.2) is 14.5 Å². The second-order valence-electron chi connectivity index (χ2n) is 5.10. The van der Waals surface area contributed by atoms with Crippen molar-refractivity contribution in [1.82, 2.24) is 19.7 Å². The van der Waals surface area contributed by atoms with E-state index < -0.39 is 5.91 Å². The highest BCUT2D eigenvalue weighted by molar-refractivity contribution is 7.08. The zero-order valence-electron chi connectivity index (χ0n) is 11.8. The fourth-order valence-electron chi connectivity index (χ4n) is 2.46. The lowest BCUT2D eigenvalue weighted by Crippen LogP contribution is -2.43. The van der Waals surface area contributed by atoms with Crippen molar-refractivity contribution in [3.63, 3.8) is 0 Å². The number of nitrogens with two attached hydrogens (primary N) is 1. The lowest BCUT2D eigenvalue weighted by atomic mass is 10.1. The molecule has 3 rings (SSSR count). The number of amides is 3. The van der Waals surface area contributed by atoms with E-state index in [2.05, 4.69) is 15.4 Å². The number of thiophene rings is 1. The molecule has 3 N–H and O–H groups in total. The van der Waals surface area contributed by atoms with E-state index in [1.54, 1.807) is 9.58 Å². The first-order chi connectivity index (χ1) is 10.6. The highest BCUT2D eigenvalue weighted by Crippen LogP contribution is 2.22. The van der Waals surface area contributed by atoms with Gasteiger partial charge in [0, 0.05) is 18.5 Å². The molecule has 22 heavy (non-hydrogen) atoms. The number of likely N-dealkylation sites (tertiary alicyclic amines) is 1. The Labute approximate surface area is 130 Å². The summed E-state index contributed by atoms with van der Waals surface area (Å²) in [6, 6.07) is 1.74. The zero-order valence-corrected chi connectivity index (χ0v) is 12.6. The number of primary amides is 1. The maximum Gasteiger partial charge on any atom is 0.321 e. The Bertz CT molecular complexity index is 668. The van der Waals surface area contributed by atoms with E-state index in [1.165, 1.54) is 17.7 Å². The zero-order chi connectivity index (χ0) is 15.5. The highest BCUT2D eigenvalue weighted by Gasteiger charge is 2.26. The summed E-state index contributed by atoms with van der Waals surface area (Å²) in [7, 11) is 0. The van der Waals surface area contributed by atoms with Crippen LogP contribution in [0.2, 0.25) is 0 Å². The number of nitrogens with one attached hydrogen (secondary N) is 1. The quantitative estimate of drug-likeness (QED) is 0.889. The number of hydrogen-bond donors (Lipinski definition) is 2. The van der Waals surface area contributed by atoms with E-state index in [1.807, 2.05) is 16.8 Å². The van der Waals surface area contributed by atoms with Crippen LogP contribution in [0.3, 0.4) is 0 Å². The van der Waals surface area contributed by atoms with Gasteiger partial charge >= 0.3 is 6.03 Å². The number of rotatable bonds is 3. The van der Waals surface area contributed by atoms with Gasteiger partial charge in [0.2, 0.25) is 5.82 Å². The number of piperidine rings is 1. The molecule has 1 aliphatic heterocycles. The molecular formula is C13H16N6O2S. The SMILES string of the molecule is NC(=O)c1ncn([C@@H]2CCCN(C(=O)Nc3ccsc3)C2)n1. The number of anilines is 1. The van der Waals surface area contributed by atoms with E-state index >= 15 is 0 Å². The van der Waals surface area contributed by atoms with E-state index in [9.17, 15) is 9.59 Å². The number of nitrogens with zero attached hydrogens (tertiary/aromatic N) is 4. The van der Waals surface area contributed by atoms with E-state index in [0.717, 1.165) is 18.5 Å². The summed E-state index contributed by atoms with van der Waals surface area (Å²) in [5.41, 5.74) is 5.96. The molecular weight excluding hydrogens is 304 g/mol. The first-order valence-corrected chi connectivity index (χ1v) is 7.87. The van der Waals surface area contributed by atoms with Crippen LogP contribution in [0.15, 0.2) is 23.2 Å². The molecule has 1 atom stereocenters. The minimum atomic E-state index is -0.651. The molecule has 0 aromatic carbocycles. The normalized spacial score (nSPS) is 18.2. The monoisotopic (exact) mass is 320 g/mol. The van der Waals surface area contributed by atoms with Crippen LogP contribution in [0.25, 0.3) is 0 Å². The van der Waals surface area contributed by atoms with E-state index in [-0.39, 0.29) is 17.9 Å². The number of carbonyl (C=O) groups is 2. The van der Waals surface area contributed by atoms with Crippen LogP contribution in [0.5, 0.6) is 0 Å². The van der Waals surface area contributed by atoms with Crippen LogP contribution in [0, 0.1) is 0 Å². The molecule has 0 bridgehead atoms. The van der Waals surface area contributed by atoms with Gasteiger partial charge in [-0.1, -0.05) is 0 Å². The maximum atomic E-state index is 12.3. The van der Waals surface area contributed by atoms with Crippen LogP contribution in [-0.2, 0) is 0 Å². The van der Waals surface area contributed by atoms with Crippen molar-refractivity contribution in [1.29, 1.82) is 0 Å². The van der Waals surface area contributed by atoms with Crippen LogP contribution in [0.1, 0.15) is 29.5 Å². The Morgan fingerprint density at radius 1 is 1.45 bits per heavy atom. The van der Waals surface area contributed by atoms with Gasteiger partial charge in [-0.15, -0.1) is 5.10 Å². The molecule has 9 heteroatoms. The molecule has 3 amide bonds. The second-order valence-corrected chi connectivity index (χ2v) is 5.88. The molecule has 2 aromatic heterocycles. The largest absolute Gasteiger partial charge is 0.363 e. The van der Waals surface area contributed by atoms with Gasteiger partial charge in [0.1, 0.15) is 6.33 Å². The summed E-state index contributed by atoms with van der Waals surface area (Å²) >= 11 is 1.53. The molecule has 1 fully saturated rings. The molecule has 0 radical (unpaired) electrons. The molecule has 116 valence electrons. The Morgan fingerprint density at radius 3 is 3.00 bits per heavy atom.